The Morgan fingerprint density at radius 1 is 1.12 bits per heavy atom. The average Bonchev–Trinajstić information content (AvgIpc) is 1.90. The zero-order chi connectivity index (χ0) is 5.82. The standard InChI is InChI=1S/C5H13N2Si/c8-6-7-4-2-1-3-5-7/h6H,1-5,8H2. The van der Waals surface area contributed by atoms with Gasteiger partial charge < -0.3 is 0 Å². The van der Waals surface area contributed by atoms with E-state index >= 15 is 0 Å². The molecular weight excluding hydrogens is 116 g/mol. The molecule has 1 aliphatic heterocycles. The first-order valence-electron chi connectivity index (χ1n) is 3.21. The number of hydrogen-bond acceptors (Lipinski definition) is 2. The average molecular weight is 129 g/mol. The fourth-order valence-electron chi connectivity index (χ4n) is 1.05. The van der Waals surface area contributed by atoms with Crippen LogP contribution in [0.1, 0.15) is 19.3 Å². The van der Waals surface area contributed by atoms with E-state index in [0.717, 1.165) is 0 Å². The molecule has 0 aliphatic carbocycles. The Balaban J connectivity index is 2.13. The molecule has 1 rings (SSSR count). The van der Waals surface area contributed by atoms with Crippen molar-refractivity contribution in [2.24, 2.45) is 0 Å². The molecule has 1 radical (unpaired) electrons. The second-order valence-electron chi connectivity index (χ2n) is 2.21. The molecule has 3 heteroatoms. The molecular formula is C5H13N2Si. The van der Waals surface area contributed by atoms with E-state index in [2.05, 4.69) is 10.1 Å². The summed E-state index contributed by atoms with van der Waals surface area (Å²) >= 11 is 0. The molecule has 0 atom stereocenters. The zero-order valence-electron chi connectivity index (χ0n) is 5.19. The molecule has 1 fully saturated rings. The van der Waals surface area contributed by atoms with Gasteiger partial charge in [-0.25, -0.2) is 0 Å². The van der Waals surface area contributed by atoms with Gasteiger partial charge in [0.1, 0.15) is 10.4 Å². The SMILES string of the molecule is [SiH2]NN1CCCCC1. The number of rotatable bonds is 1. The van der Waals surface area contributed by atoms with Crippen LogP contribution in [0.25, 0.3) is 0 Å². The monoisotopic (exact) mass is 129 g/mol. The molecule has 0 unspecified atom stereocenters. The number of hydrazine groups is 1. The van der Waals surface area contributed by atoms with Gasteiger partial charge in [-0.1, -0.05) is 6.42 Å². The van der Waals surface area contributed by atoms with Crippen LogP contribution in [0.3, 0.4) is 0 Å². The summed E-state index contributed by atoms with van der Waals surface area (Å²) in [5, 5.41) is 5.44. The molecule has 0 aromatic rings. The van der Waals surface area contributed by atoms with E-state index in [0.29, 0.717) is 0 Å². The lowest BCUT2D eigenvalue weighted by atomic mass is 10.2. The molecule has 1 heterocycles. The molecule has 1 aliphatic rings. The summed E-state index contributed by atoms with van der Waals surface area (Å²) in [5.74, 6) is 0. The number of piperidine rings is 1. The van der Waals surface area contributed by atoms with Gasteiger partial charge in [0.25, 0.3) is 0 Å². The summed E-state index contributed by atoms with van der Waals surface area (Å²) < 4.78 is 0. The van der Waals surface area contributed by atoms with Crippen molar-refractivity contribution < 1.29 is 0 Å². The molecule has 0 spiro atoms. The molecule has 8 heavy (non-hydrogen) atoms. The van der Waals surface area contributed by atoms with Crippen LogP contribution in [-0.2, 0) is 0 Å². The molecule has 1 N–H and O–H groups in total. The van der Waals surface area contributed by atoms with Crippen LogP contribution < -0.4 is 5.09 Å². The van der Waals surface area contributed by atoms with Gasteiger partial charge in [-0.15, -0.1) is 0 Å². The minimum absolute atomic E-state index is 1.24. The highest BCUT2D eigenvalue weighted by atomic mass is 28.2. The van der Waals surface area contributed by atoms with Gasteiger partial charge in [0.05, 0.1) is 0 Å². The van der Waals surface area contributed by atoms with Gasteiger partial charge in [-0.2, -0.15) is 0 Å². The summed E-state index contributed by atoms with van der Waals surface area (Å²) in [5.41, 5.74) is 0. The Kier molecular flexibility index (Phi) is 2.52. The molecule has 0 aromatic heterocycles. The molecule has 1 saturated heterocycles. The lowest BCUT2D eigenvalue weighted by molar-refractivity contribution is 0.203. The highest BCUT2D eigenvalue weighted by Gasteiger charge is 2.05. The van der Waals surface area contributed by atoms with Gasteiger partial charge in [0.15, 0.2) is 0 Å². The van der Waals surface area contributed by atoms with E-state index < -0.39 is 0 Å². The van der Waals surface area contributed by atoms with E-state index in [-0.39, 0.29) is 0 Å². The fourth-order valence-corrected chi connectivity index (χ4v) is 1.37. The lowest BCUT2D eigenvalue weighted by Gasteiger charge is -2.25. The van der Waals surface area contributed by atoms with Crippen molar-refractivity contribution in [3.63, 3.8) is 0 Å². The Hall–Kier alpha value is 0.137. The molecule has 47 valence electrons. The topological polar surface area (TPSA) is 15.3 Å². The van der Waals surface area contributed by atoms with Crippen LogP contribution in [0.5, 0.6) is 0 Å². The highest BCUT2D eigenvalue weighted by Crippen LogP contribution is 2.04. The lowest BCUT2D eigenvalue weighted by Crippen LogP contribution is -2.39. The number of hydrogen-bond donors (Lipinski definition) is 1. The molecule has 0 bridgehead atoms. The van der Waals surface area contributed by atoms with Crippen LogP contribution in [-0.4, -0.2) is 28.5 Å². The maximum Gasteiger partial charge on any atom is 0.114 e. The summed E-state index contributed by atoms with van der Waals surface area (Å²) in [6.07, 6.45) is 4.15. The van der Waals surface area contributed by atoms with E-state index in [1.165, 1.54) is 32.4 Å². The third-order valence-corrected chi connectivity index (χ3v) is 2.03. The fraction of sp³-hybridized carbons (Fsp3) is 1.00. The Morgan fingerprint density at radius 2 is 1.75 bits per heavy atom. The number of nitrogens with zero attached hydrogens (tertiary/aromatic N) is 1. The van der Waals surface area contributed by atoms with Crippen molar-refractivity contribution in [3.05, 3.63) is 0 Å². The molecule has 0 amide bonds. The van der Waals surface area contributed by atoms with Gasteiger partial charge in [-0.3, -0.25) is 10.1 Å². The van der Waals surface area contributed by atoms with Gasteiger partial charge >= 0.3 is 0 Å². The van der Waals surface area contributed by atoms with Crippen molar-refractivity contribution in [1.29, 1.82) is 0 Å². The summed E-state index contributed by atoms with van der Waals surface area (Å²) in [4.78, 5) is 0. The van der Waals surface area contributed by atoms with Crippen molar-refractivity contribution in [3.8, 4) is 0 Å². The van der Waals surface area contributed by atoms with Gasteiger partial charge in [0, 0.05) is 13.1 Å². The Bertz CT molecular complexity index is 61.4. The molecule has 0 saturated carbocycles. The van der Waals surface area contributed by atoms with Crippen molar-refractivity contribution in [2.45, 2.75) is 19.3 Å². The van der Waals surface area contributed by atoms with E-state index in [9.17, 15) is 0 Å². The summed E-state index contributed by atoms with van der Waals surface area (Å²) in [6.45, 7) is 2.48. The minimum atomic E-state index is 1.24. The molecule has 2 nitrogen and oxygen atoms in total. The van der Waals surface area contributed by atoms with Crippen LogP contribution in [0.2, 0.25) is 0 Å². The highest BCUT2D eigenvalue weighted by molar-refractivity contribution is 6.03. The first kappa shape index (κ1) is 6.26. The van der Waals surface area contributed by atoms with Gasteiger partial charge in [0.2, 0.25) is 0 Å². The maximum atomic E-state index is 3.16. The smallest absolute Gasteiger partial charge is 0.114 e. The first-order valence-corrected chi connectivity index (χ1v) is 3.92. The van der Waals surface area contributed by atoms with E-state index in [1.54, 1.807) is 0 Å². The van der Waals surface area contributed by atoms with Crippen LogP contribution >= 0.6 is 0 Å². The maximum absolute atomic E-state index is 3.16. The van der Waals surface area contributed by atoms with Crippen molar-refractivity contribution in [2.75, 3.05) is 13.1 Å². The largest absolute Gasteiger partial charge is 0.285 e. The summed E-state index contributed by atoms with van der Waals surface area (Å²) in [6, 6.07) is 0. The zero-order valence-corrected chi connectivity index (χ0v) is 6.60. The molecule has 0 aromatic carbocycles. The quantitative estimate of drug-likeness (QED) is 0.481. The Morgan fingerprint density at radius 3 is 2.12 bits per heavy atom. The van der Waals surface area contributed by atoms with Crippen LogP contribution in [0.4, 0.5) is 0 Å². The predicted octanol–water partition coefficient (Wildman–Crippen LogP) is -0.475. The van der Waals surface area contributed by atoms with Crippen molar-refractivity contribution >= 4 is 10.4 Å². The van der Waals surface area contributed by atoms with Gasteiger partial charge in [-0.05, 0) is 12.8 Å². The van der Waals surface area contributed by atoms with Crippen molar-refractivity contribution in [1.82, 2.24) is 10.1 Å². The normalized spacial score (nSPS) is 23.6. The third-order valence-electron chi connectivity index (χ3n) is 1.58. The predicted molar refractivity (Wildman–Crippen MR) is 37.1 cm³/mol. The third kappa shape index (κ3) is 1.58. The second kappa shape index (κ2) is 3.22. The van der Waals surface area contributed by atoms with E-state index in [1.807, 2.05) is 10.4 Å². The summed E-state index contributed by atoms with van der Waals surface area (Å²) in [7, 11) is 1.81. The van der Waals surface area contributed by atoms with E-state index in [4.69, 9.17) is 0 Å². The Labute approximate surface area is 53.7 Å². The minimum Gasteiger partial charge on any atom is -0.285 e. The second-order valence-corrected chi connectivity index (χ2v) is 2.52. The first-order chi connectivity index (χ1) is 3.93. The number of nitrogens with one attached hydrogen (secondary N) is 1. The van der Waals surface area contributed by atoms with Crippen LogP contribution in [0.15, 0.2) is 0 Å². The van der Waals surface area contributed by atoms with Crippen LogP contribution in [0, 0.1) is 0 Å².